The second-order valence-electron chi connectivity index (χ2n) is 4.82. The van der Waals surface area contributed by atoms with Gasteiger partial charge in [-0.2, -0.15) is 0 Å². The van der Waals surface area contributed by atoms with Crippen molar-refractivity contribution in [1.82, 2.24) is 5.32 Å². The van der Waals surface area contributed by atoms with Gasteiger partial charge in [0.05, 0.1) is 0 Å². The number of anilines is 1. The van der Waals surface area contributed by atoms with Gasteiger partial charge in [0.25, 0.3) is 0 Å². The Hall–Kier alpha value is -1.09. The molecule has 0 amide bonds. The summed E-state index contributed by atoms with van der Waals surface area (Å²) in [6.07, 6.45) is 2.74. The quantitative estimate of drug-likeness (QED) is 0.820. The van der Waals surface area contributed by atoms with Crippen molar-refractivity contribution >= 4 is 5.69 Å². The molecule has 0 radical (unpaired) electrons. The average molecular weight is 220 g/mol. The van der Waals surface area contributed by atoms with E-state index in [1.54, 1.807) is 12.1 Å². The Morgan fingerprint density at radius 2 is 1.94 bits per heavy atom. The summed E-state index contributed by atoms with van der Waals surface area (Å²) in [7, 11) is 0. The molecule has 1 unspecified atom stereocenters. The van der Waals surface area contributed by atoms with Crippen LogP contribution in [-0.4, -0.2) is 25.7 Å². The molecular weight excluding hydrogens is 203 g/mol. The molecule has 16 heavy (non-hydrogen) atoms. The predicted octanol–water partition coefficient (Wildman–Crippen LogP) is 2.01. The Bertz CT molecular complexity index is 359. The number of hydrogen-bond donors (Lipinski definition) is 1. The van der Waals surface area contributed by atoms with Crippen molar-refractivity contribution < 1.29 is 4.39 Å². The van der Waals surface area contributed by atoms with E-state index >= 15 is 0 Å². The lowest BCUT2D eigenvalue weighted by Gasteiger charge is -2.35. The highest BCUT2D eigenvalue weighted by atomic mass is 19.1. The summed E-state index contributed by atoms with van der Waals surface area (Å²) in [5, 5.41) is 3.58. The zero-order valence-corrected chi connectivity index (χ0v) is 9.32. The molecule has 1 aliphatic heterocycles. The predicted molar refractivity (Wildman–Crippen MR) is 63.1 cm³/mol. The first-order valence-corrected chi connectivity index (χ1v) is 6.07. The number of benzene rings is 1. The molecule has 1 aromatic rings. The smallest absolute Gasteiger partial charge is 0.123 e. The molecule has 2 fully saturated rings. The molecule has 1 heterocycles. The highest BCUT2D eigenvalue weighted by Gasteiger charge is 2.33. The van der Waals surface area contributed by atoms with E-state index < -0.39 is 0 Å². The molecule has 86 valence electrons. The van der Waals surface area contributed by atoms with E-state index in [-0.39, 0.29) is 5.82 Å². The van der Waals surface area contributed by atoms with Crippen molar-refractivity contribution in [3.8, 4) is 0 Å². The summed E-state index contributed by atoms with van der Waals surface area (Å²) in [5.41, 5.74) is 1.15. The molecule has 1 aromatic carbocycles. The third-order valence-corrected chi connectivity index (χ3v) is 3.59. The zero-order chi connectivity index (χ0) is 11.0. The maximum absolute atomic E-state index is 12.8. The van der Waals surface area contributed by atoms with Crippen molar-refractivity contribution in [2.75, 3.05) is 24.5 Å². The van der Waals surface area contributed by atoms with Crippen molar-refractivity contribution in [2.24, 2.45) is 5.92 Å². The number of hydrogen-bond acceptors (Lipinski definition) is 2. The minimum absolute atomic E-state index is 0.155. The number of nitrogens with zero attached hydrogens (tertiary/aromatic N) is 1. The summed E-state index contributed by atoms with van der Waals surface area (Å²) in [6.45, 7) is 3.13. The van der Waals surface area contributed by atoms with Crippen LogP contribution in [0.15, 0.2) is 24.3 Å². The first-order chi connectivity index (χ1) is 7.83. The van der Waals surface area contributed by atoms with E-state index in [1.807, 2.05) is 12.1 Å². The molecule has 0 aromatic heterocycles. The summed E-state index contributed by atoms with van der Waals surface area (Å²) in [4.78, 5) is 2.36. The van der Waals surface area contributed by atoms with Crippen LogP contribution in [0.25, 0.3) is 0 Å². The van der Waals surface area contributed by atoms with Crippen LogP contribution in [-0.2, 0) is 0 Å². The lowest BCUT2D eigenvalue weighted by atomic mass is 10.1. The highest BCUT2D eigenvalue weighted by molar-refractivity contribution is 5.47. The molecule has 1 aliphatic carbocycles. The topological polar surface area (TPSA) is 15.3 Å². The van der Waals surface area contributed by atoms with Gasteiger partial charge in [0.2, 0.25) is 0 Å². The molecule has 2 nitrogen and oxygen atoms in total. The van der Waals surface area contributed by atoms with Crippen LogP contribution in [0.5, 0.6) is 0 Å². The van der Waals surface area contributed by atoms with Gasteiger partial charge in [-0.3, -0.25) is 0 Å². The van der Waals surface area contributed by atoms with Gasteiger partial charge in [-0.15, -0.1) is 0 Å². The summed E-state index contributed by atoms with van der Waals surface area (Å²) >= 11 is 0. The Balaban J connectivity index is 1.71. The minimum Gasteiger partial charge on any atom is -0.369 e. The number of halogens is 1. The molecule has 0 spiro atoms. The maximum Gasteiger partial charge on any atom is 0.123 e. The van der Waals surface area contributed by atoms with Crippen molar-refractivity contribution in [2.45, 2.75) is 18.9 Å². The summed E-state index contributed by atoms with van der Waals surface area (Å²) in [5.74, 6) is 0.723. The monoisotopic (exact) mass is 220 g/mol. The van der Waals surface area contributed by atoms with Gasteiger partial charge in [-0.05, 0) is 43.0 Å². The zero-order valence-electron chi connectivity index (χ0n) is 9.32. The molecule has 0 bridgehead atoms. The lowest BCUT2D eigenvalue weighted by Crippen LogP contribution is -2.51. The molecule has 1 atom stereocenters. The fourth-order valence-corrected chi connectivity index (χ4v) is 2.48. The van der Waals surface area contributed by atoms with Crippen LogP contribution < -0.4 is 10.2 Å². The van der Waals surface area contributed by atoms with Crippen molar-refractivity contribution in [3.63, 3.8) is 0 Å². The van der Waals surface area contributed by atoms with Crippen molar-refractivity contribution in [1.29, 1.82) is 0 Å². The van der Waals surface area contributed by atoms with Crippen molar-refractivity contribution in [3.05, 3.63) is 30.1 Å². The fourth-order valence-electron chi connectivity index (χ4n) is 2.48. The lowest BCUT2D eigenvalue weighted by molar-refractivity contribution is 0.419. The normalized spacial score (nSPS) is 25.8. The van der Waals surface area contributed by atoms with Gasteiger partial charge in [0, 0.05) is 31.4 Å². The largest absolute Gasteiger partial charge is 0.369 e. The van der Waals surface area contributed by atoms with E-state index in [1.165, 1.54) is 12.8 Å². The van der Waals surface area contributed by atoms with E-state index in [0.29, 0.717) is 6.04 Å². The third-order valence-electron chi connectivity index (χ3n) is 3.59. The highest BCUT2D eigenvalue weighted by Crippen LogP contribution is 2.34. The van der Waals surface area contributed by atoms with E-state index in [0.717, 1.165) is 31.2 Å². The average Bonchev–Trinajstić information content (AvgIpc) is 3.14. The number of piperazine rings is 1. The molecule has 2 aliphatic rings. The van der Waals surface area contributed by atoms with Crippen LogP contribution in [0, 0.1) is 11.7 Å². The van der Waals surface area contributed by atoms with Gasteiger partial charge in [0.15, 0.2) is 0 Å². The Morgan fingerprint density at radius 3 is 2.62 bits per heavy atom. The van der Waals surface area contributed by atoms with E-state index in [2.05, 4.69) is 10.2 Å². The molecule has 3 heteroatoms. The second-order valence-corrected chi connectivity index (χ2v) is 4.82. The Kier molecular flexibility index (Phi) is 2.56. The van der Waals surface area contributed by atoms with Gasteiger partial charge >= 0.3 is 0 Å². The molecule has 1 saturated heterocycles. The van der Waals surface area contributed by atoms with Crippen LogP contribution in [0.4, 0.5) is 10.1 Å². The SMILES string of the molecule is Fc1ccc(N2CCNC(C3CC3)C2)cc1. The first-order valence-electron chi connectivity index (χ1n) is 6.07. The second kappa shape index (κ2) is 4.06. The molecule has 1 N–H and O–H groups in total. The summed E-state index contributed by atoms with van der Waals surface area (Å²) < 4.78 is 12.8. The van der Waals surface area contributed by atoms with Gasteiger partial charge < -0.3 is 10.2 Å². The summed E-state index contributed by atoms with van der Waals surface area (Å²) in [6, 6.07) is 7.49. The Labute approximate surface area is 95.4 Å². The van der Waals surface area contributed by atoms with Gasteiger partial charge in [0.1, 0.15) is 5.82 Å². The third kappa shape index (κ3) is 2.05. The molecular formula is C13H17FN2. The van der Waals surface area contributed by atoms with Crippen LogP contribution in [0.2, 0.25) is 0 Å². The van der Waals surface area contributed by atoms with Crippen LogP contribution in [0.1, 0.15) is 12.8 Å². The van der Waals surface area contributed by atoms with E-state index in [9.17, 15) is 4.39 Å². The van der Waals surface area contributed by atoms with Gasteiger partial charge in [-0.1, -0.05) is 0 Å². The van der Waals surface area contributed by atoms with Gasteiger partial charge in [-0.25, -0.2) is 4.39 Å². The fraction of sp³-hybridized carbons (Fsp3) is 0.538. The standard InChI is InChI=1S/C13H17FN2/c14-11-3-5-12(6-4-11)16-8-7-15-13(9-16)10-1-2-10/h3-6,10,13,15H,1-2,7-9H2. The number of nitrogens with one attached hydrogen (secondary N) is 1. The first kappa shape index (κ1) is 10.1. The van der Waals surface area contributed by atoms with E-state index in [4.69, 9.17) is 0 Å². The minimum atomic E-state index is -0.155. The molecule has 3 rings (SSSR count). The molecule has 1 saturated carbocycles. The van der Waals surface area contributed by atoms with Crippen LogP contribution >= 0.6 is 0 Å². The maximum atomic E-state index is 12.8. The Morgan fingerprint density at radius 1 is 1.19 bits per heavy atom. The number of rotatable bonds is 2. The van der Waals surface area contributed by atoms with Crippen LogP contribution in [0.3, 0.4) is 0 Å².